The van der Waals surface area contributed by atoms with Gasteiger partial charge in [-0.05, 0) is 73.8 Å². The number of benzene rings is 4. The molecule has 9 heteroatoms. The third kappa shape index (κ3) is 11.5. The second-order valence-electron chi connectivity index (χ2n) is 13.9. The maximum atomic E-state index is 14.9. The third-order valence-electron chi connectivity index (χ3n) is 9.15. The van der Waals surface area contributed by atoms with Crippen molar-refractivity contribution in [1.29, 1.82) is 0 Å². The number of aryl methyl sites for hydroxylation is 1. The fraction of sp³-hybridized carbons (Fsp3) is 0.349. The molecule has 0 aliphatic carbocycles. The summed E-state index contributed by atoms with van der Waals surface area (Å²) in [6.45, 7) is 5.44. The van der Waals surface area contributed by atoms with Gasteiger partial charge in [0.05, 0.1) is 17.8 Å². The lowest BCUT2D eigenvalue weighted by molar-refractivity contribution is -0.132. The van der Waals surface area contributed by atoms with Crippen LogP contribution < -0.4 is 21.7 Å². The molecule has 0 saturated carbocycles. The van der Waals surface area contributed by atoms with Crippen LogP contribution in [0.1, 0.15) is 67.1 Å². The van der Waals surface area contributed by atoms with E-state index in [0.717, 1.165) is 21.6 Å². The smallest absolute Gasteiger partial charge is 0.256 e. The van der Waals surface area contributed by atoms with Crippen LogP contribution in [-0.4, -0.2) is 52.8 Å². The van der Waals surface area contributed by atoms with Gasteiger partial charge in [0.2, 0.25) is 11.8 Å². The molecular weight excluding hydrogens is 652 g/mol. The lowest BCUT2D eigenvalue weighted by atomic mass is 9.88. The number of para-hydroxylation sites is 1. The summed E-state index contributed by atoms with van der Waals surface area (Å²) in [6, 6.07) is 32.1. The number of nitrogens with zero attached hydrogens (tertiary/aromatic N) is 1. The van der Waals surface area contributed by atoms with Gasteiger partial charge >= 0.3 is 0 Å². The highest BCUT2D eigenvalue weighted by Crippen LogP contribution is 2.29. The van der Waals surface area contributed by atoms with Gasteiger partial charge in [-0.1, -0.05) is 117 Å². The Morgan fingerprint density at radius 1 is 0.673 bits per heavy atom. The highest BCUT2D eigenvalue weighted by molar-refractivity contribution is 6.21. The molecule has 6 N–H and O–H groups in total. The molecule has 9 nitrogen and oxygen atoms in total. The number of hydrogen-bond donors (Lipinski definition) is 4. The van der Waals surface area contributed by atoms with E-state index in [-0.39, 0.29) is 42.3 Å². The Labute approximate surface area is 307 Å². The Morgan fingerprint density at radius 3 is 1.77 bits per heavy atom. The molecule has 4 aromatic carbocycles. The fourth-order valence-electron chi connectivity index (χ4n) is 6.35. The quantitative estimate of drug-likeness (QED) is 0.101. The number of nitrogens with one attached hydrogen (secondary N) is 1. The maximum Gasteiger partial charge on any atom is 0.256 e. The Kier molecular flexibility index (Phi) is 15.0. The number of rotatable bonds is 18. The van der Waals surface area contributed by atoms with Crippen LogP contribution in [0.4, 0.5) is 5.69 Å². The van der Waals surface area contributed by atoms with Crippen LogP contribution in [0.5, 0.6) is 0 Å². The second kappa shape index (κ2) is 19.6. The first kappa shape index (κ1) is 39.8. The number of aliphatic hydroxyl groups excluding tert-OH is 1. The zero-order valence-corrected chi connectivity index (χ0v) is 30.4. The van der Waals surface area contributed by atoms with Crippen LogP contribution in [0.25, 0.3) is 0 Å². The third-order valence-corrected chi connectivity index (χ3v) is 9.15. The molecule has 3 amide bonds. The predicted molar refractivity (Wildman–Crippen MR) is 205 cm³/mol. The number of carbonyl (C=O) groups excluding carboxylic acids is 4. The van der Waals surface area contributed by atoms with Crippen LogP contribution in [0.15, 0.2) is 115 Å². The SMILES string of the molecule is CC(C)C[C@H](N)C(=O)c1ccccc1N(C(=O)[C@H](Cc1ccccc1)C[C@H](O)[C@@H](N)Cc1ccccc1)C(=O)[C@H](C)NC(=O)CCc1ccccc1. The number of amides is 3. The number of ketones is 1. The first-order valence-electron chi connectivity index (χ1n) is 18.1. The molecule has 0 radical (unpaired) electrons. The molecule has 52 heavy (non-hydrogen) atoms. The minimum Gasteiger partial charge on any atom is -0.391 e. The van der Waals surface area contributed by atoms with Gasteiger partial charge in [0.1, 0.15) is 6.04 Å². The number of anilines is 1. The van der Waals surface area contributed by atoms with Crippen molar-refractivity contribution in [3.8, 4) is 0 Å². The molecule has 0 spiro atoms. The summed E-state index contributed by atoms with van der Waals surface area (Å²) in [4.78, 5) is 57.3. The zero-order valence-electron chi connectivity index (χ0n) is 30.4. The van der Waals surface area contributed by atoms with Crippen LogP contribution in [0.2, 0.25) is 0 Å². The van der Waals surface area contributed by atoms with E-state index in [1.165, 1.54) is 6.92 Å². The van der Waals surface area contributed by atoms with Crippen LogP contribution >= 0.6 is 0 Å². The monoisotopic (exact) mass is 704 g/mol. The van der Waals surface area contributed by atoms with Crippen LogP contribution in [0, 0.1) is 11.8 Å². The highest BCUT2D eigenvalue weighted by atomic mass is 16.3. The number of carbonyl (C=O) groups is 4. The summed E-state index contributed by atoms with van der Waals surface area (Å²) in [7, 11) is 0. The number of imide groups is 1. The van der Waals surface area contributed by atoms with Crippen molar-refractivity contribution in [2.24, 2.45) is 23.3 Å². The second-order valence-corrected chi connectivity index (χ2v) is 13.9. The molecule has 0 aromatic heterocycles. The minimum atomic E-state index is -1.12. The van der Waals surface area contributed by atoms with E-state index in [1.54, 1.807) is 24.3 Å². The molecule has 0 heterocycles. The van der Waals surface area contributed by atoms with Crippen molar-refractivity contribution in [3.63, 3.8) is 0 Å². The van der Waals surface area contributed by atoms with E-state index in [4.69, 9.17) is 11.5 Å². The Balaban J connectivity index is 1.70. The van der Waals surface area contributed by atoms with Crippen LogP contribution in [-0.2, 0) is 33.6 Å². The van der Waals surface area contributed by atoms with Gasteiger partial charge in [0.15, 0.2) is 5.78 Å². The number of hydrogen-bond acceptors (Lipinski definition) is 7. The highest BCUT2D eigenvalue weighted by Gasteiger charge is 2.37. The Bertz CT molecular complexity index is 1750. The van der Waals surface area contributed by atoms with Gasteiger partial charge in [0.25, 0.3) is 5.91 Å². The summed E-state index contributed by atoms with van der Waals surface area (Å²) in [5.41, 5.74) is 15.8. The fourth-order valence-corrected chi connectivity index (χ4v) is 6.35. The average Bonchev–Trinajstić information content (AvgIpc) is 3.14. The van der Waals surface area contributed by atoms with Crippen molar-refractivity contribution in [1.82, 2.24) is 5.32 Å². The van der Waals surface area contributed by atoms with E-state index >= 15 is 0 Å². The topological polar surface area (TPSA) is 156 Å². The summed E-state index contributed by atoms with van der Waals surface area (Å²) in [5.74, 6) is -2.88. The van der Waals surface area contributed by atoms with Gasteiger partial charge in [-0.2, -0.15) is 0 Å². The molecule has 0 saturated heterocycles. The first-order valence-corrected chi connectivity index (χ1v) is 18.1. The average molecular weight is 705 g/mol. The van der Waals surface area contributed by atoms with E-state index in [2.05, 4.69) is 5.32 Å². The zero-order chi connectivity index (χ0) is 37.6. The standard InChI is InChI=1S/C43H52N4O5/c1-29(2)25-37(45)41(50)35-21-13-14-22-38(35)47(42(51)30(3)46-40(49)24-23-31-15-7-4-8-16-31)43(52)34(26-32-17-9-5-10-18-32)28-39(48)36(44)27-33-19-11-6-12-20-33/h4-22,29-30,34,36-37,39,48H,23-28,44-45H2,1-3H3,(H,46,49)/t30-,34+,36-,37-,39-/m0/s1. The van der Waals surface area contributed by atoms with Crippen molar-refractivity contribution >= 4 is 29.2 Å². The summed E-state index contributed by atoms with van der Waals surface area (Å²) < 4.78 is 0. The largest absolute Gasteiger partial charge is 0.391 e. The van der Waals surface area contributed by atoms with Gasteiger partial charge < -0.3 is 21.9 Å². The molecule has 0 aliphatic rings. The minimum absolute atomic E-state index is 0.0493. The van der Waals surface area contributed by atoms with Gasteiger partial charge in [0, 0.05) is 23.9 Å². The Morgan fingerprint density at radius 2 is 1.19 bits per heavy atom. The predicted octanol–water partition coefficient (Wildman–Crippen LogP) is 5.42. The lowest BCUT2D eigenvalue weighted by Gasteiger charge is -2.31. The summed E-state index contributed by atoms with van der Waals surface area (Å²) >= 11 is 0. The first-order chi connectivity index (χ1) is 24.9. The molecule has 0 aliphatic heterocycles. The molecule has 0 fully saturated rings. The molecule has 0 unspecified atom stereocenters. The normalized spacial score (nSPS) is 14.1. The Hall–Kier alpha value is -4.96. The molecule has 4 aromatic rings. The van der Waals surface area contributed by atoms with E-state index < -0.39 is 47.7 Å². The lowest BCUT2D eigenvalue weighted by Crippen LogP contribution is -2.52. The van der Waals surface area contributed by atoms with Crippen molar-refractivity contribution in [2.45, 2.75) is 83.5 Å². The van der Waals surface area contributed by atoms with Crippen molar-refractivity contribution in [2.75, 3.05) is 4.90 Å². The maximum absolute atomic E-state index is 14.9. The molecule has 274 valence electrons. The molecule has 0 bridgehead atoms. The number of aliphatic hydroxyl groups is 1. The van der Waals surface area contributed by atoms with E-state index in [0.29, 0.717) is 19.3 Å². The van der Waals surface area contributed by atoms with Crippen molar-refractivity contribution < 1.29 is 24.3 Å². The van der Waals surface area contributed by atoms with Gasteiger partial charge in [-0.15, -0.1) is 0 Å². The number of nitrogens with two attached hydrogens (primary N) is 2. The van der Waals surface area contributed by atoms with E-state index in [1.807, 2.05) is 105 Å². The molecule has 5 atom stereocenters. The van der Waals surface area contributed by atoms with Crippen molar-refractivity contribution in [3.05, 3.63) is 138 Å². The molecule has 4 rings (SSSR count). The summed E-state index contributed by atoms with van der Waals surface area (Å²) in [5, 5.41) is 14.2. The van der Waals surface area contributed by atoms with E-state index in [9.17, 15) is 24.3 Å². The molecular formula is C43H52N4O5. The van der Waals surface area contributed by atoms with Gasteiger partial charge in [-0.3, -0.25) is 19.2 Å². The number of Topliss-reactive ketones (excluding diaryl/α,β-unsaturated/α-hetero) is 1. The van der Waals surface area contributed by atoms with Gasteiger partial charge in [-0.25, -0.2) is 4.90 Å². The summed E-state index contributed by atoms with van der Waals surface area (Å²) in [6.07, 6.45) is 0.449. The van der Waals surface area contributed by atoms with Crippen LogP contribution in [0.3, 0.4) is 0 Å².